The smallest absolute Gasteiger partial charge is 0.0481 e. The van der Waals surface area contributed by atoms with E-state index in [2.05, 4.69) is 47.4 Å². The average molecular weight is 200 g/mol. The minimum absolute atomic E-state index is 0.781. The van der Waals surface area contributed by atoms with Gasteiger partial charge in [-0.15, -0.1) is 0 Å². The van der Waals surface area contributed by atoms with Crippen LogP contribution in [0.15, 0.2) is 30.5 Å². The lowest BCUT2D eigenvalue weighted by molar-refractivity contribution is 0.689. The maximum Gasteiger partial charge on any atom is 0.0481 e. The largest absolute Gasteiger partial charge is 0.350 e. The van der Waals surface area contributed by atoms with Gasteiger partial charge in [0.05, 0.1) is 0 Å². The highest BCUT2D eigenvalue weighted by Gasteiger charge is 2.20. The Hall–Kier alpha value is -1.28. The zero-order valence-corrected chi connectivity index (χ0v) is 9.03. The van der Waals surface area contributed by atoms with Gasteiger partial charge in [0.15, 0.2) is 0 Å². The van der Waals surface area contributed by atoms with E-state index in [4.69, 9.17) is 0 Å². The van der Waals surface area contributed by atoms with Gasteiger partial charge in [-0.05, 0) is 24.5 Å². The van der Waals surface area contributed by atoms with Gasteiger partial charge in [0.25, 0.3) is 0 Å². The van der Waals surface area contributed by atoms with Crippen molar-refractivity contribution in [1.29, 1.82) is 0 Å². The van der Waals surface area contributed by atoms with E-state index < -0.39 is 0 Å². The summed E-state index contributed by atoms with van der Waals surface area (Å²) >= 11 is 0. The van der Waals surface area contributed by atoms with Crippen LogP contribution < -0.4 is 5.32 Å². The van der Waals surface area contributed by atoms with Gasteiger partial charge in [-0.3, -0.25) is 0 Å². The third kappa shape index (κ3) is 1.65. The number of benzene rings is 1. The lowest BCUT2D eigenvalue weighted by Crippen LogP contribution is -2.14. The molecule has 1 aliphatic carbocycles. The van der Waals surface area contributed by atoms with Gasteiger partial charge in [-0.2, -0.15) is 0 Å². The fraction of sp³-hybridized carbons (Fsp3) is 0.385. The SMILES string of the molecule is Cn1cc(CNC2CC2)c2ccccc21. The Morgan fingerprint density at radius 3 is 2.93 bits per heavy atom. The second kappa shape index (κ2) is 3.38. The molecule has 1 aromatic heterocycles. The number of para-hydroxylation sites is 1. The predicted octanol–water partition coefficient (Wildman–Crippen LogP) is 2.43. The van der Waals surface area contributed by atoms with Crippen molar-refractivity contribution in [3.8, 4) is 0 Å². The lowest BCUT2D eigenvalue weighted by atomic mass is 10.2. The molecule has 0 saturated heterocycles. The van der Waals surface area contributed by atoms with Gasteiger partial charge >= 0.3 is 0 Å². The minimum atomic E-state index is 0.781. The molecule has 2 nitrogen and oxygen atoms in total. The number of nitrogens with one attached hydrogen (secondary N) is 1. The highest BCUT2D eigenvalue weighted by molar-refractivity contribution is 5.83. The number of rotatable bonds is 3. The van der Waals surface area contributed by atoms with Gasteiger partial charge in [0, 0.05) is 36.7 Å². The van der Waals surface area contributed by atoms with Crippen molar-refractivity contribution >= 4 is 10.9 Å². The van der Waals surface area contributed by atoms with Crippen molar-refractivity contribution in [2.75, 3.05) is 0 Å². The molecular weight excluding hydrogens is 184 g/mol. The quantitative estimate of drug-likeness (QED) is 0.805. The molecule has 0 bridgehead atoms. The molecule has 1 N–H and O–H groups in total. The summed E-state index contributed by atoms with van der Waals surface area (Å²) in [5, 5.41) is 4.95. The predicted molar refractivity (Wildman–Crippen MR) is 62.8 cm³/mol. The van der Waals surface area contributed by atoms with Crippen LogP contribution in [0.4, 0.5) is 0 Å². The Bertz CT molecular complexity index is 480. The second-order valence-electron chi connectivity index (χ2n) is 4.44. The summed E-state index contributed by atoms with van der Waals surface area (Å²) in [6.07, 6.45) is 4.94. The van der Waals surface area contributed by atoms with Gasteiger partial charge < -0.3 is 9.88 Å². The Kier molecular flexibility index (Phi) is 2.03. The number of fused-ring (bicyclic) bond motifs is 1. The van der Waals surface area contributed by atoms with E-state index in [1.165, 1.54) is 29.3 Å². The molecule has 1 saturated carbocycles. The first-order chi connectivity index (χ1) is 7.34. The molecule has 2 aromatic rings. The van der Waals surface area contributed by atoms with E-state index in [1.807, 2.05) is 0 Å². The number of aromatic nitrogens is 1. The molecule has 0 atom stereocenters. The van der Waals surface area contributed by atoms with E-state index in [0.717, 1.165) is 12.6 Å². The molecule has 3 rings (SSSR count). The minimum Gasteiger partial charge on any atom is -0.350 e. The van der Waals surface area contributed by atoms with E-state index in [-0.39, 0.29) is 0 Å². The highest BCUT2D eigenvalue weighted by Crippen LogP contribution is 2.23. The molecule has 0 amide bonds. The number of nitrogens with zero attached hydrogens (tertiary/aromatic N) is 1. The normalized spacial score (nSPS) is 16.1. The van der Waals surface area contributed by atoms with Crippen LogP contribution in [0.1, 0.15) is 18.4 Å². The third-order valence-corrected chi connectivity index (χ3v) is 3.14. The van der Waals surface area contributed by atoms with Crippen LogP contribution in [-0.4, -0.2) is 10.6 Å². The maximum absolute atomic E-state index is 3.57. The second-order valence-corrected chi connectivity index (χ2v) is 4.44. The zero-order valence-electron chi connectivity index (χ0n) is 9.03. The highest BCUT2D eigenvalue weighted by atomic mass is 15.0. The molecule has 1 aliphatic rings. The number of hydrogen-bond donors (Lipinski definition) is 1. The molecule has 15 heavy (non-hydrogen) atoms. The molecule has 1 heterocycles. The van der Waals surface area contributed by atoms with Crippen LogP contribution in [0.25, 0.3) is 10.9 Å². The first kappa shape index (κ1) is 8.98. The molecule has 0 spiro atoms. The summed E-state index contributed by atoms with van der Waals surface area (Å²) in [5.74, 6) is 0. The summed E-state index contributed by atoms with van der Waals surface area (Å²) in [6, 6.07) is 9.38. The van der Waals surface area contributed by atoms with Crippen molar-refractivity contribution in [1.82, 2.24) is 9.88 Å². The summed E-state index contributed by atoms with van der Waals surface area (Å²) < 4.78 is 2.21. The summed E-state index contributed by atoms with van der Waals surface area (Å²) in [7, 11) is 2.11. The van der Waals surface area contributed by atoms with Crippen molar-refractivity contribution < 1.29 is 0 Å². The number of aryl methyl sites for hydroxylation is 1. The van der Waals surface area contributed by atoms with Crippen molar-refractivity contribution in [3.05, 3.63) is 36.0 Å². The molecule has 1 aromatic carbocycles. The summed E-state index contributed by atoms with van der Waals surface area (Å²) in [4.78, 5) is 0. The Labute approximate surface area is 89.9 Å². The molecule has 2 heteroatoms. The van der Waals surface area contributed by atoms with Crippen molar-refractivity contribution in [2.45, 2.75) is 25.4 Å². The van der Waals surface area contributed by atoms with E-state index >= 15 is 0 Å². The van der Waals surface area contributed by atoms with Crippen molar-refractivity contribution in [3.63, 3.8) is 0 Å². The molecular formula is C13H16N2. The maximum atomic E-state index is 3.57. The summed E-state index contributed by atoms with van der Waals surface area (Å²) in [6.45, 7) is 1.01. The van der Waals surface area contributed by atoms with E-state index in [1.54, 1.807) is 0 Å². The van der Waals surface area contributed by atoms with Crippen LogP contribution in [0.3, 0.4) is 0 Å². The standard InChI is InChI=1S/C13H16N2/c1-15-9-10(8-14-11-6-7-11)12-4-2-3-5-13(12)15/h2-5,9,11,14H,6-8H2,1H3. The van der Waals surface area contributed by atoms with Crippen LogP contribution in [-0.2, 0) is 13.6 Å². The third-order valence-electron chi connectivity index (χ3n) is 3.14. The molecule has 78 valence electrons. The average Bonchev–Trinajstić information content (AvgIpc) is 3.03. The van der Waals surface area contributed by atoms with Crippen LogP contribution in [0.2, 0.25) is 0 Å². The fourth-order valence-corrected chi connectivity index (χ4v) is 2.11. The Balaban J connectivity index is 1.94. The topological polar surface area (TPSA) is 17.0 Å². The summed E-state index contributed by atoms with van der Waals surface area (Å²) in [5.41, 5.74) is 2.74. The molecule has 0 radical (unpaired) electrons. The van der Waals surface area contributed by atoms with Gasteiger partial charge in [-0.25, -0.2) is 0 Å². The molecule has 0 aliphatic heterocycles. The Morgan fingerprint density at radius 2 is 2.13 bits per heavy atom. The van der Waals surface area contributed by atoms with E-state index in [0.29, 0.717) is 0 Å². The fourth-order valence-electron chi connectivity index (χ4n) is 2.11. The first-order valence-electron chi connectivity index (χ1n) is 5.61. The van der Waals surface area contributed by atoms with Gasteiger partial charge in [0.2, 0.25) is 0 Å². The van der Waals surface area contributed by atoms with Crippen LogP contribution >= 0.6 is 0 Å². The van der Waals surface area contributed by atoms with Gasteiger partial charge in [-0.1, -0.05) is 18.2 Å². The van der Waals surface area contributed by atoms with E-state index in [9.17, 15) is 0 Å². The lowest BCUT2D eigenvalue weighted by Gasteiger charge is -2.00. The van der Waals surface area contributed by atoms with Crippen LogP contribution in [0.5, 0.6) is 0 Å². The monoisotopic (exact) mass is 200 g/mol. The van der Waals surface area contributed by atoms with Crippen molar-refractivity contribution in [2.24, 2.45) is 7.05 Å². The molecule has 0 unspecified atom stereocenters. The van der Waals surface area contributed by atoms with Gasteiger partial charge in [0.1, 0.15) is 0 Å². The first-order valence-corrected chi connectivity index (χ1v) is 5.61. The Morgan fingerprint density at radius 1 is 1.33 bits per heavy atom. The molecule has 1 fully saturated rings. The zero-order chi connectivity index (χ0) is 10.3. The number of hydrogen-bond acceptors (Lipinski definition) is 1. The van der Waals surface area contributed by atoms with Crippen LogP contribution in [0, 0.1) is 0 Å².